The summed E-state index contributed by atoms with van der Waals surface area (Å²) in [6.07, 6.45) is 2.56. The van der Waals surface area contributed by atoms with Crippen molar-refractivity contribution in [2.24, 2.45) is 0 Å². The minimum absolute atomic E-state index is 0.0182. The normalized spacial score (nSPS) is 16.4. The van der Waals surface area contributed by atoms with Crippen molar-refractivity contribution >= 4 is 23.3 Å². The molecule has 146 valence electrons. The molecule has 1 amide bonds. The van der Waals surface area contributed by atoms with Crippen LogP contribution >= 0.6 is 11.6 Å². The number of carbonyl (C=O) groups is 1. The van der Waals surface area contributed by atoms with E-state index in [2.05, 4.69) is 21.3 Å². The molecular weight excluding hydrogens is 376 g/mol. The highest BCUT2D eigenvalue weighted by molar-refractivity contribution is 6.30. The lowest BCUT2D eigenvalue weighted by Gasteiger charge is -2.34. The number of nitriles is 1. The van der Waals surface area contributed by atoms with Crippen LogP contribution in [0, 0.1) is 11.3 Å². The number of ether oxygens (including phenoxy) is 1. The zero-order chi connectivity index (χ0) is 20.1. The van der Waals surface area contributed by atoms with Crippen molar-refractivity contribution in [3.63, 3.8) is 0 Å². The van der Waals surface area contributed by atoms with E-state index in [-0.39, 0.29) is 17.1 Å². The molecule has 1 aliphatic heterocycles. The fraction of sp³-hybridized carbons (Fsp3) is 0.381. The largest absolute Gasteiger partial charge is 0.497 e. The molecule has 0 bridgehead atoms. The van der Waals surface area contributed by atoms with E-state index in [1.165, 1.54) is 0 Å². The van der Waals surface area contributed by atoms with E-state index in [1.807, 2.05) is 13.0 Å². The topological polar surface area (TPSA) is 78.2 Å². The molecule has 1 fully saturated rings. The Morgan fingerprint density at radius 1 is 1.43 bits per heavy atom. The lowest BCUT2D eigenvalue weighted by atomic mass is 10.0. The lowest BCUT2D eigenvalue weighted by Crippen LogP contribution is -2.48. The summed E-state index contributed by atoms with van der Waals surface area (Å²) in [5.41, 5.74) is 1.93. The first-order valence-electron chi connectivity index (χ1n) is 9.35. The first-order valence-corrected chi connectivity index (χ1v) is 9.72. The van der Waals surface area contributed by atoms with Gasteiger partial charge in [-0.1, -0.05) is 18.5 Å². The monoisotopic (exact) mass is 398 g/mol. The van der Waals surface area contributed by atoms with Gasteiger partial charge >= 0.3 is 0 Å². The maximum absolute atomic E-state index is 12.6. The Labute approximate surface area is 170 Å². The second kappa shape index (κ2) is 8.94. The van der Waals surface area contributed by atoms with Gasteiger partial charge in [-0.15, -0.1) is 0 Å². The number of carbonyl (C=O) groups excluding carboxylic acids is 1. The highest BCUT2D eigenvalue weighted by Crippen LogP contribution is 2.26. The van der Waals surface area contributed by atoms with Gasteiger partial charge in [0.1, 0.15) is 22.8 Å². The fourth-order valence-electron chi connectivity index (χ4n) is 3.42. The molecule has 0 radical (unpaired) electrons. The Balaban J connectivity index is 1.71. The van der Waals surface area contributed by atoms with Crippen LogP contribution in [-0.4, -0.2) is 37.1 Å². The summed E-state index contributed by atoms with van der Waals surface area (Å²) in [5, 5.41) is 12.6. The van der Waals surface area contributed by atoms with Crippen LogP contribution in [0.15, 0.2) is 30.3 Å². The molecule has 1 aromatic carbocycles. The van der Waals surface area contributed by atoms with Crippen molar-refractivity contribution in [1.82, 2.24) is 10.3 Å². The van der Waals surface area contributed by atoms with E-state index < -0.39 is 0 Å². The molecule has 1 aromatic heterocycles. The molecule has 1 unspecified atom stereocenters. The third-order valence-corrected chi connectivity index (χ3v) is 5.24. The number of hydrogen-bond donors (Lipinski definition) is 1. The number of amides is 1. The molecule has 2 aromatic rings. The van der Waals surface area contributed by atoms with E-state index in [0.717, 1.165) is 36.5 Å². The number of anilines is 1. The Hall–Kier alpha value is -2.78. The third kappa shape index (κ3) is 4.37. The maximum atomic E-state index is 12.6. The molecule has 1 saturated heterocycles. The maximum Gasteiger partial charge on any atom is 0.251 e. The van der Waals surface area contributed by atoms with Crippen LogP contribution in [0.2, 0.25) is 5.15 Å². The quantitative estimate of drug-likeness (QED) is 0.779. The van der Waals surface area contributed by atoms with E-state index in [9.17, 15) is 10.1 Å². The minimum Gasteiger partial charge on any atom is -0.497 e. The zero-order valence-corrected chi connectivity index (χ0v) is 16.8. The van der Waals surface area contributed by atoms with Crippen LogP contribution in [-0.2, 0) is 6.42 Å². The Kier molecular flexibility index (Phi) is 6.37. The number of aromatic nitrogens is 1. The summed E-state index contributed by atoms with van der Waals surface area (Å²) in [6, 6.07) is 11.1. The predicted molar refractivity (Wildman–Crippen MR) is 109 cm³/mol. The van der Waals surface area contributed by atoms with Crippen LogP contribution in [0.1, 0.15) is 41.3 Å². The number of pyridine rings is 1. The van der Waals surface area contributed by atoms with Crippen molar-refractivity contribution in [1.29, 1.82) is 5.26 Å². The number of nitrogens with one attached hydrogen (secondary N) is 1. The highest BCUT2D eigenvalue weighted by Gasteiger charge is 2.24. The van der Waals surface area contributed by atoms with E-state index in [4.69, 9.17) is 16.3 Å². The third-order valence-electron chi connectivity index (χ3n) is 4.97. The molecule has 6 nitrogen and oxygen atoms in total. The standard InChI is InChI=1S/C21H23ClN4O2/c1-3-14-11-19(25-20(22)18(14)12-23)26-10-4-5-16(13-26)24-21(27)15-6-8-17(28-2)9-7-15/h6-9,11,16H,3-5,10,13H2,1-2H3,(H,24,27). The molecule has 7 heteroatoms. The van der Waals surface area contributed by atoms with E-state index in [1.54, 1.807) is 31.4 Å². The Morgan fingerprint density at radius 2 is 2.18 bits per heavy atom. The number of benzene rings is 1. The molecule has 28 heavy (non-hydrogen) atoms. The SMILES string of the molecule is CCc1cc(N2CCCC(NC(=O)c3ccc(OC)cc3)C2)nc(Cl)c1C#N. The molecule has 2 heterocycles. The number of halogens is 1. The Morgan fingerprint density at radius 3 is 2.82 bits per heavy atom. The van der Waals surface area contributed by atoms with Gasteiger partial charge in [-0.2, -0.15) is 5.26 Å². The highest BCUT2D eigenvalue weighted by atomic mass is 35.5. The predicted octanol–water partition coefficient (Wildman–Crippen LogP) is 3.58. The summed E-state index contributed by atoms with van der Waals surface area (Å²) in [6.45, 7) is 3.48. The molecule has 3 rings (SSSR count). The van der Waals surface area contributed by atoms with Crippen molar-refractivity contribution in [3.8, 4) is 11.8 Å². The van der Waals surface area contributed by atoms with E-state index in [0.29, 0.717) is 24.1 Å². The van der Waals surface area contributed by atoms with Crippen LogP contribution in [0.3, 0.4) is 0 Å². The molecule has 0 saturated carbocycles. The van der Waals surface area contributed by atoms with Gasteiger partial charge in [0.25, 0.3) is 5.91 Å². The number of nitrogens with zero attached hydrogens (tertiary/aromatic N) is 3. The second-order valence-electron chi connectivity index (χ2n) is 6.76. The van der Waals surface area contributed by atoms with Crippen molar-refractivity contribution in [2.75, 3.05) is 25.1 Å². The number of aryl methyl sites for hydroxylation is 1. The molecule has 1 aliphatic rings. The van der Waals surface area contributed by atoms with Gasteiger partial charge in [-0.3, -0.25) is 4.79 Å². The van der Waals surface area contributed by atoms with Gasteiger partial charge in [0.15, 0.2) is 0 Å². The fourth-order valence-corrected chi connectivity index (χ4v) is 3.67. The molecular formula is C21H23ClN4O2. The van der Waals surface area contributed by atoms with Gasteiger partial charge < -0.3 is 15.0 Å². The molecule has 0 spiro atoms. The Bertz CT molecular complexity index is 893. The molecule has 0 aliphatic carbocycles. The first kappa shape index (κ1) is 20.0. The zero-order valence-electron chi connectivity index (χ0n) is 16.0. The van der Waals surface area contributed by atoms with Crippen LogP contribution < -0.4 is 15.0 Å². The summed E-state index contributed by atoms with van der Waals surface area (Å²) in [4.78, 5) is 19.1. The average Bonchev–Trinajstić information content (AvgIpc) is 2.73. The number of rotatable bonds is 5. The van der Waals surface area contributed by atoms with Gasteiger partial charge in [0.05, 0.1) is 12.7 Å². The van der Waals surface area contributed by atoms with Crippen LogP contribution in [0.4, 0.5) is 5.82 Å². The number of methoxy groups -OCH3 is 1. The van der Waals surface area contributed by atoms with E-state index >= 15 is 0 Å². The summed E-state index contributed by atoms with van der Waals surface area (Å²) in [5.74, 6) is 1.37. The second-order valence-corrected chi connectivity index (χ2v) is 7.12. The minimum atomic E-state index is -0.102. The van der Waals surface area contributed by atoms with Crippen molar-refractivity contribution in [2.45, 2.75) is 32.2 Å². The summed E-state index contributed by atoms with van der Waals surface area (Å²) < 4.78 is 5.13. The number of hydrogen-bond acceptors (Lipinski definition) is 5. The average molecular weight is 399 g/mol. The summed E-state index contributed by atoms with van der Waals surface area (Å²) in [7, 11) is 1.60. The molecule has 1 N–H and O–H groups in total. The number of piperidine rings is 1. The van der Waals surface area contributed by atoms with Crippen LogP contribution in [0.25, 0.3) is 0 Å². The smallest absolute Gasteiger partial charge is 0.251 e. The van der Waals surface area contributed by atoms with Gasteiger partial charge in [-0.05, 0) is 55.2 Å². The summed E-state index contributed by atoms with van der Waals surface area (Å²) >= 11 is 6.22. The van der Waals surface area contributed by atoms with Crippen molar-refractivity contribution < 1.29 is 9.53 Å². The van der Waals surface area contributed by atoms with Gasteiger partial charge in [0.2, 0.25) is 0 Å². The van der Waals surface area contributed by atoms with Gasteiger partial charge in [-0.25, -0.2) is 4.98 Å². The first-order chi connectivity index (χ1) is 13.5. The van der Waals surface area contributed by atoms with Crippen molar-refractivity contribution in [3.05, 3.63) is 52.2 Å². The molecule has 1 atom stereocenters. The van der Waals surface area contributed by atoms with Gasteiger partial charge in [0, 0.05) is 24.7 Å². The van der Waals surface area contributed by atoms with Crippen LogP contribution in [0.5, 0.6) is 5.75 Å². The lowest BCUT2D eigenvalue weighted by molar-refractivity contribution is 0.0933.